The molecule has 9 nitrogen and oxygen atoms in total. The van der Waals surface area contributed by atoms with E-state index in [9.17, 15) is 13.2 Å². The van der Waals surface area contributed by atoms with Gasteiger partial charge in [-0.25, -0.2) is 23.2 Å². The van der Waals surface area contributed by atoms with Crippen molar-refractivity contribution in [3.8, 4) is 22.7 Å². The maximum Gasteiger partial charge on any atom is 0.255 e. The summed E-state index contributed by atoms with van der Waals surface area (Å²) in [5.74, 6) is 0.0781. The molecule has 0 radical (unpaired) electrons. The molecule has 42 heavy (non-hydrogen) atoms. The zero-order chi connectivity index (χ0) is 29.4. The number of hydrazone groups is 1. The number of rotatable bonds is 11. The first-order valence-corrected chi connectivity index (χ1v) is 14.7. The number of nitrogens with one attached hydrogen (secondary N) is 2. The van der Waals surface area contributed by atoms with Crippen LogP contribution in [-0.4, -0.2) is 36.9 Å². The molecule has 0 aliphatic heterocycles. The second-order valence-corrected chi connectivity index (χ2v) is 11.3. The number of sulfonamides is 1. The number of benzene rings is 4. The van der Waals surface area contributed by atoms with E-state index in [0.717, 1.165) is 16.8 Å². The minimum absolute atomic E-state index is 0.00217. The molecule has 0 atom stereocenters. The highest BCUT2D eigenvalue weighted by Gasteiger charge is 2.16. The molecule has 2 N–H and O–H groups in total. The molecule has 0 aliphatic rings. The predicted molar refractivity (Wildman–Crippen MR) is 162 cm³/mol. The SMILES string of the molecule is O=C(CNS(=O)(=O)c1ccc(Cl)cc1)NN=Cc1cn(-c2ccccc2)nc1-c1ccc(OCc2ccccc2)cc1. The van der Waals surface area contributed by atoms with Gasteiger partial charge < -0.3 is 4.74 Å². The number of halogens is 1. The van der Waals surface area contributed by atoms with E-state index in [4.69, 9.17) is 21.4 Å². The topological polar surface area (TPSA) is 115 Å². The number of hydrogen-bond donors (Lipinski definition) is 2. The van der Waals surface area contributed by atoms with Crippen LogP contribution in [0.25, 0.3) is 16.9 Å². The Balaban J connectivity index is 1.28. The van der Waals surface area contributed by atoms with E-state index in [1.54, 1.807) is 10.9 Å². The molecule has 1 heterocycles. The fourth-order valence-corrected chi connectivity index (χ4v) is 5.05. The van der Waals surface area contributed by atoms with Gasteiger partial charge in [0.05, 0.1) is 23.3 Å². The minimum Gasteiger partial charge on any atom is -0.489 e. The quantitative estimate of drug-likeness (QED) is 0.160. The summed E-state index contributed by atoms with van der Waals surface area (Å²) in [7, 11) is -3.89. The number of ether oxygens (including phenoxy) is 1. The summed E-state index contributed by atoms with van der Waals surface area (Å²) in [6.07, 6.45) is 3.26. The molecule has 5 aromatic rings. The van der Waals surface area contributed by atoms with Gasteiger partial charge in [0.1, 0.15) is 18.1 Å². The van der Waals surface area contributed by atoms with Crippen LogP contribution in [0.3, 0.4) is 0 Å². The molecular weight excluding hydrogens is 574 g/mol. The van der Waals surface area contributed by atoms with Crippen LogP contribution < -0.4 is 14.9 Å². The second kappa shape index (κ2) is 13.3. The van der Waals surface area contributed by atoms with Crippen LogP contribution in [-0.2, 0) is 21.4 Å². The molecule has 0 unspecified atom stereocenters. The lowest BCUT2D eigenvalue weighted by Crippen LogP contribution is -2.34. The maximum atomic E-state index is 12.4. The Kier molecular flexibility index (Phi) is 9.08. The zero-order valence-electron chi connectivity index (χ0n) is 22.2. The lowest BCUT2D eigenvalue weighted by Gasteiger charge is -2.07. The normalized spacial score (nSPS) is 11.5. The largest absolute Gasteiger partial charge is 0.489 e. The molecule has 1 aromatic heterocycles. The molecular formula is C31H26ClN5O4S. The number of nitrogens with zero attached hydrogens (tertiary/aromatic N) is 3. The summed E-state index contributed by atoms with van der Waals surface area (Å²) in [5.41, 5.74) is 6.37. The lowest BCUT2D eigenvalue weighted by molar-refractivity contribution is -0.119. The number of para-hydroxylation sites is 1. The van der Waals surface area contributed by atoms with Gasteiger partial charge >= 0.3 is 0 Å². The Morgan fingerprint density at radius 1 is 0.905 bits per heavy atom. The summed E-state index contributed by atoms with van der Waals surface area (Å²) in [5, 5.41) is 9.20. The average molecular weight is 600 g/mol. The first-order valence-electron chi connectivity index (χ1n) is 12.9. The Bertz CT molecular complexity index is 1780. The third-order valence-corrected chi connectivity index (χ3v) is 7.75. The molecule has 212 valence electrons. The minimum atomic E-state index is -3.89. The Hall–Kier alpha value is -4.77. The van der Waals surface area contributed by atoms with Crippen molar-refractivity contribution in [1.29, 1.82) is 0 Å². The van der Waals surface area contributed by atoms with Gasteiger partial charge in [-0.1, -0.05) is 60.1 Å². The first-order chi connectivity index (χ1) is 20.4. The number of aromatic nitrogens is 2. The van der Waals surface area contributed by atoms with Crippen molar-refractivity contribution in [1.82, 2.24) is 19.9 Å². The summed E-state index contributed by atoms with van der Waals surface area (Å²) < 4.78 is 34.7. The van der Waals surface area contributed by atoms with Crippen molar-refractivity contribution in [2.75, 3.05) is 6.54 Å². The lowest BCUT2D eigenvalue weighted by atomic mass is 10.1. The van der Waals surface area contributed by atoms with Crippen LogP contribution in [0.5, 0.6) is 5.75 Å². The Labute approximate surface area is 248 Å². The van der Waals surface area contributed by atoms with Crippen LogP contribution in [0, 0.1) is 0 Å². The smallest absolute Gasteiger partial charge is 0.255 e. The highest BCUT2D eigenvalue weighted by atomic mass is 35.5. The molecule has 4 aromatic carbocycles. The average Bonchev–Trinajstić information content (AvgIpc) is 3.45. The number of carbonyl (C=O) groups is 1. The van der Waals surface area contributed by atoms with E-state index in [-0.39, 0.29) is 4.90 Å². The maximum absolute atomic E-state index is 12.4. The molecule has 0 fully saturated rings. The fraction of sp³-hybridized carbons (Fsp3) is 0.0645. The number of amides is 1. The van der Waals surface area contributed by atoms with Gasteiger partial charge in [-0.15, -0.1) is 0 Å². The standard InChI is InChI=1S/C31H26ClN5O4S/c32-26-13-17-29(18-14-26)42(39,40)34-20-30(38)35-33-19-25-21-37(27-9-5-2-6-10-27)36-31(25)24-11-15-28(16-12-24)41-22-23-7-3-1-4-8-23/h1-19,21,34H,20,22H2,(H,35,38). The van der Waals surface area contributed by atoms with E-state index in [1.807, 2.05) is 84.9 Å². The van der Waals surface area contributed by atoms with Crippen molar-refractivity contribution < 1.29 is 17.9 Å². The predicted octanol–water partition coefficient (Wildman–Crippen LogP) is 5.20. The van der Waals surface area contributed by atoms with E-state index < -0.39 is 22.5 Å². The van der Waals surface area contributed by atoms with Gasteiger partial charge in [-0.3, -0.25) is 4.79 Å². The molecule has 0 bridgehead atoms. The monoisotopic (exact) mass is 599 g/mol. The van der Waals surface area contributed by atoms with Crippen molar-refractivity contribution in [3.63, 3.8) is 0 Å². The highest BCUT2D eigenvalue weighted by molar-refractivity contribution is 7.89. The molecule has 0 aliphatic carbocycles. The first kappa shape index (κ1) is 28.7. The van der Waals surface area contributed by atoms with Crippen molar-refractivity contribution in [3.05, 3.63) is 132 Å². The number of carbonyl (C=O) groups excluding carboxylic acids is 1. The van der Waals surface area contributed by atoms with Crippen LogP contribution >= 0.6 is 11.6 Å². The summed E-state index contributed by atoms with van der Waals surface area (Å²) in [4.78, 5) is 12.3. The zero-order valence-corrected chi connectivity index (χ0v) is 23.8. The molecule has 0 saturated heterocycles. The van der Waals surface area contributed by atoms with Crippen molar-refractivity contribution in [2.24, 2.45) is 5.10 Å². The summed E-state index contributed by atoms with van der Waals surface area (Å²) in [6.45, 7) is -0.0425. The van der Waals surface area contributed by atoms with Crippen LogP contribution in [0.15, 0.2) is 125 Å². The van der Waals surface area contributed by atoms with Gasteiger partial charge in [0.15, 0.2) is 0 Å². The molecule has 5 rings (SSSR count). The van der Waals surface area contributed by atoms with E-state index in [2.05, 4.69) is 15.2 Å². The van der Waals surface area contributed by atoms with Crippen LogP contribution in [0.1, 0.15) is 11.1 Å². The third-order valence-electron chi connectivity index (χ3n) is 6.08. The van der Waals surface area contributed by atoms with Crippen molar-refractivity contribution >= 4 is 33.7 Å². The van der Waals surface area contributed by atoms with Crippen molar-refractivity contribution in [2.45, 2.75) is 11.5 Å². The van der Waals surface area contributed by atoms with E-state index >= 15 is 0 Å². The number of hydrogen-bond acceptors (Lipinski definition) is 6. The Morgan fingerprint density at radius 2 is 1.57 bits per heavy atom. The van der Waals surface area contributed by atoms with Gasteiger partial charge in [-0.2, -0.15) is 10.2 Å². The third kappa shape index (κ3) is 7.49. The summed E-state index contributed by atoms with van der Waals surface area (Å²) >= 11 is 5.82. The second-order valence-electron chi connectivity index (χ2n) is 9.08. The van der Waals surface area contributed by atoms with Gasteiger partial charge in [0.25, 0.3) is 5.91 Å². The summed E-state index contributed by atoms with van der Waals surface area (Å²) in [6, 6.07) is 32.7. The van der Waals surface area contributed by atoms with E-state index in [1.165, 1.54) is 30.5 Å². The van der Waals surface area contributed by atoms with Crippen LogP contribution in [0.2, 0.25) is 5.02 Å². The van der Waals surface area contributed by atoms with Gasteiger partial charge in [0, 0.05) is 22.3 Å². The van der Waals surface area contributed by atoms with Gasteiger partial charge in [0.2, 0.25) is 10.0 Å². The highest BCUT2D eigenvalue weighted by Crippen LogP contribution is 2.25. The van der Waals surface area contributed by atoms with Crippen LogP contribution in [0.4, 0.5) is 0 Å². The Morgan fingerprint density at radius 3 is 2.26 bits per heavy atom. The molecule has 11 heteroatoms. The molecule has 0 saturated carbocycles. The fourth-order valence-electron chi connectivity index (χ4n) is 3.94. The molecule has 0 spiro atoms. The molecule has 1 amide bonds. The van der Waals surface area contributed by atoms with Gasteiger partial charge in [-0.05, 0) is 66.2 Å². The van der Waals surface area contributed by atoms with E-state index in [0.29, 0.717) is 28.6 Å².